The van der Waals surface area contributed by atoms with Crippen LogP contribution in [-0.2, 0) is 12.8 Å². The van der Waals surface area contributed by atoms with Crippen molar-refractivity contribution in [3.05, 3.63) is 33.9 Å². The van der Waals surface area contributed by atoms with Crippen LogP contribution in [0.2, 0.25) is 0 Å². The topological polar surface area (TPSA) is 37.3 Å². The van der Waals surface area contributed by atoms with E-state index in [1.807, 2.05) is 6.92 Å². The number of ketones is 1. The molecule has 1 aliphatic rings. The Balaban J connectivity index is 2.59. The second-order valence-corrected chi connectivity index (χ2v) is 4.23. The van der Waals surface area contributed by atoms with E-state index in [2.05, 4.69) is 13.0 Å². The summed E-state index contributed by atoms with van der Waals surface area (Å²) in [6.45, 7) is 4.20. The molecule has 1 aliphatic carbocycles. The normalized spacial score (nSPS) is 14.5. The smallest absolute Gasteiger partial charge is 0.163 e. The SMILES string of the molecule is Cc1cc2c(c(C)c1CCO)C(=O)CC2. The summed E-state index contributed by atoms with van der Waals surface area (Å²) < 4.78 is 0. The zero-order chi connectivity index (χ0) is 11.0. The first-order chi connectivity index (χ1) is 7.15. The van der Waals surface area contributed by atoms with Crippen molar-refractivity contribution in [1.82, 2.24) is 0 Å². The van der Waals surface area contributed by atoms with E-state index in [1.165, 1.54) is 11.1 Å². The minimum Gasteiger partial charge on any atom is -0.396 e. The van der Waals surface area contributed by atoms with E-state index >= 15 is 0 Å². The summed E-state index contributed by atoms with van der Waals surface area (Å²) in [6.07, 6.45) is 2.19. The fourth-order valence-corrected chi connectivity index (χ4v) is 2.56. The summed E-state index contributed by atoms with van der Waals surface area (Å²) in [6, 6.07) is 2.11. The van der Waals surface area contributed by atoms with Gasteiger partial charge in [-0.05, 0) is 48.9 Å². The number of benzene rings is 1. The highest BCUT2D eigenvalue weighted by atomic mass is 16.2. The average Bonchev–Trinajstić information content (AvgIpc) is 2.54. The van der Waals surface area contributed by atoms with Gasteiger partial charge in [-0.15, -0.1) is 0 Å². The molecule has 0 spiro atoms. The predicted octanol–water partition coefficient (Wildman–Crippen LogP) is 1.97. The maximum atomic E-state index is 11.7. The molecule has 2 heteroatoms. The van der Waals surface area contributed by atoms with Crippen molar-refractivity contribution in [2.24, 2.45) is 0 Å². The lowest BCUT2D eigenvalue weighted by Gasteiger charge is -2.12. The number of carbonyl (C=O) groups excluding carboxylic acids is 1. The fraction of sp³-hybridized carbons (Fsp3) is 0.462. The zero-order valence-corrected chi connectivity index (χ0v) is 9.26. The number of hydrogen-bond acceptors (Lipinski definition) is 2. The van der Waals surface area contributed by atoms with Crippen molar-refractivity contribution in [2.75, 3.05) is 6.61 Å². The Kier molecular flexibility index (Phi) is 2.61. The lowest BCUT2D eigenvalue weighted by atomic mass is 9.92. The molecule has 0 unspecified atom stereocenters. The van der Waals surface area contributed by atoms with Crippen LogP contribution in [0.4, 0.5) is 0 Å². The molecule has 0 aromatic heterocycles. The Morgan fingerprint density at radius 2 is 2.07 bits per heavy atom. The van der Waals surface area contributed by atoms with E-state index in [-0.39, 0.29) is 12.4 Å². The maximum Gasteiger partial charge on any atom is 0.163 e. The predicted molar refractivity (Wildman–Crippen MR) is 59.4 cm³/mol. The number of Topliss-reactive ketones (excluding diaryl/α,β-unsaturated/α-hetero) is 1. The van der Waals surface area contributed by atoms with E-state index in [1.54, 1.807) is 0 Å². The van der Waals surface area contributed by atoms with E-state index < -0.39 is 0 Å². The third-order valence-corrected chi connectivity index (χ3v) is 3.28. The number of hydrogen-bond donors (Lipinski definition) is 1. The Hall–Kier alpha value is -1.15. The van der Waals surface area contributed by atoms with Crippen LogP contribution in [0.3, 0.4) is 0 Å². The van der Waals surface area contributed by atoms with Crippen molar-refractivity contribution < 1.29 is 9.90 Å². The van der Waals surface area contributed by atoms with Gasteiger partial charge in [-0.1, -0.05) is 6.07 Å². The molecule has 0 aliphatic heterocycles. The van der Waals surface area contributed by atoms with Crippen molar-refractivity contribution in [1.29, 1.82) is 0 Å². The molecule has 0 heterocycles. The van der Waals surface area contributed by atoms with Gasteiger partial charge in [-0.3, -0.25) is 4.79 Å². The minimum absolute atomic E-state index is 0.147. The van der Waals surface area contributed by atoms with Crippen LogP contribution in [0.15, 0.2) is 6.07 Å². The van der Waals surface area contributed by atoms with E-state index in [9.17, 15) is 4.79 Å². The second kappa shape index (κ2) is 3.78. The molecule has 1 aromatic carbocycles. The van der Waals surface area contributed by atoms with Crippen molar-refractivity contribution in [2.45, 2.75) is 33.1 Å². The second-order valence-electron chi connectivity index (χ2n) is 4.23. The van der Waals surface area contributed by atoms with E-state index in [0.29, 0.717) is 12.8 Å². The highest BCUT2D eigenvalue weighted by molar-refractivity contribution is 6.02. The zero-order valence-electron chi connectivity index (χ0n) is 9.26. The van der Waals surface area contributed by atoms with Gasteiger partial charge in [0.05, 0.1) is 0 Å². The van der Waals surface area contributed by atoms with Gasteiger partial charge in [0.25, 0.3) is 0 Å². The lowest BCUT2D eigenvalue weighted by molar-refractivity contribution is 0.0994. The summed E-state index contributed by atoms with van der Waals surface area (Å²) in [5, 5.41) is 9.00. The first-order valence-electron chi connectivity index (χ1n) is 5.41. The van der Waals surface area contributed by atoms with Crippen LogP contribution in [0.1, 0.15) is 39.0 Å². The molecule has 0 radical (unpaired) electrons. The van der Waals surface area contributed by atoms with E-state index in [4.69, 9.17) is 5.11 Å². The standard InChI is InChI=1S/C13H16O2/c1-8-7-10-3-4-12(15)13(10)9(2)11(8)5-6-14/h7,14H,3-6H2,1-2H3. The maximum absolute atomic E-state index is 11.7. The summed E-state index contributed by atoms with van der Waals surface area (Å²) >= 11 is 0. The monoisotopic (exact) mass is 204 g/mol. The van der Waals surface area contributed by atoms with E-state index in [0.717, 1.165) is 23.1 Å². The van der Waals surface area contributed by atoms with Gasteiger partial charge in [0.2, 0.25) is 0 Å². The van der Waals surface area contributed by atoms with Gasteiger partial charge in [-0.25, -0.2) is 0 Å². The largest absolute Gasteiger partial charge is 0.396 e. The third-order valence-electron chi connectivity index (χ3n) is 3.28. The van der Waals surface area contributed by atoms with Crippen molar-refractivity contribution in [3.63, 3.8) is 0 Å². The van der Waals surface area contributed by atoms with Crippen LogP contribution < -0.4 is 0 Å². The Morgan fingerprint density at radius 1 is 1.33 bits per heavy atom. The quantitative estimate of drug-likeness (QED) is 0.799. The molecular formula is C13H16O2. The fourth-order valence-electron chi connectivity index (χ4n) is 2.56. The highest BCUT2D eigenvalue weighted by Crippen LogP contribution is 2.29. The highest BCUT2D eigenvalue weighted by Gasteiger charge is 2.23. The molecule has 80 valence electrons. The lowest BCUT2D eigenvalue weighted by Crippen LogP contribution is -2.04. The van der Waals surface area contributed by atoms with Crippen LogP contribution >= 0.6 is 0 Å². The Morgan fingerprint density at radius 3 is 2.73 bits per heavy atom. The molecule has 0 saturated carbocycles. The molecule has 1 aromatic rings. The summed E-state index contributed by atoms with van der Waals surface area (Å²) in [4.78, 5) is 11.7. The summed E-state index contributed by atoms with van der Waals surface area (Å²) in [5.74, 6) is 0.265. The van der Waals surface area contributed by atoms with Gasteiger partial charge in [0.1, 0.15) is 0 Å². The van der Waals surface area contributed by atoms with Crippen LogP contribution in [0, 0.1) is 13.8 Å². The van der Waals surface area contributed by atoms with Gasteiger partial charge in [0.15, 0.2) is 5.78 Å². The number of carbonyl (C=O) groups is 1. The van der Waals surface area contributed by atoms with Gasteiger partial charge in [0, 0.05) is 18.6 Å². The Labute approximate surface area is 89.9 Å². The summed E-state index contributed by atoms with van der Waals surface area (Å²) in [7, 11) is 0. The van der Waals surface area contributed by atoms with Crippen LogP contribution in [-0.4, -0.2) is 17.5 Å². The Bertz CT molecular complexity index is 419. The number of fused-ring (bicyclic) bond motifs is 1. The molecule has 0 saturated heterocycles. The molecule has 2 nitrogen and oxygen atoms in total. The molecule has 0 atom stereocenters. The minimum atomic E-state index is 0.147. The number of aliphatic hydroxyl groups is 1. The van der Waals surface area contributed by atoms with Gasteiger partial charge < -0.3 is 5.11 Å². The van der Waals surface area contributed by atoms with Crippen LogP contribution in [0.25, 0.3) is 0 Å². The van der Waals surface area contributed by atoms with Crippen molar-refractivity contribution in [3.8, 4) is 0 Å². The molecule has 0 bridgehead atoms. The first-order valence-corrected chi connectivity index (χ1v) is 5.41. The first kappa shape index (κ1) is 10.4. The van der Waals surface area contributed by atoms with Crippen molar-refractivity contribution >= 4 is 5.78 Å². The molecule has 0 amide bonds. The number of aryl methyl sites for hydroxylation is 2. The molecular weight excluding hydrogens is 188 g/mol. The molecule has 15 heavy (non-hydrogen) atoms. The third kappa shape index (κ3) is 1.59. The van der Waals surface area contributed by atoms with Gasteiger partial charge in [-0.2, -0.15) is 0 Å². The molecule has 1 N–H and O–H groups in total. The number of aliphatic hydroxyl groups excluding tert-OH is 1. The molecule has 0 fully saturated rings. The van der Waals surface area contributed by atoms with Gasteiger partial charge >= 0.3 is 0 Å². The molecule has 2 rings (SSSR count). The number of rotatable bonds is 2. The van der Waals surface area contributed by atoms with Crippen LogP contribution in [0.5, 0.6) is 0 Å². The summed E-state index contributed by atoms with van der Waals surface area (Å²) in [5.41, 5.74) is 5.55. The average molecular weight is 204 g/mol.